The molecule has 0 aromatic heterocycles. The predicted octanol–water partition coefficient (Wildman–Crippen LogP) is 11.4. The second kappa shape index (κ2) is 29.5. The van der Waals surface area contributed by atoms with Crippen LogP contribution in [-0.2, 0) is 51.1 Å². The number of hydrogen-bond donors (Lipinski definition) is 2. The number of fused-ring (bicyclic) bond motifs is 1. The van der Waals surface area contributed by atoms with Crippen molar-refractivity contribution >= 4 is 11.8 Å². The van der Waals surface area contributed by atoms with E-state index in [9.17, 15) is 10.6 Å². The van der Waals surface area contributed by atoms with Gasteiger partial charge in [-0.1, -0.05) is 204 Å². The molecular weight excluding hydrogens is 893 g/mol. The Balaban J connectivity index is 1.05. The van der Waals surface area contributed by atoms with E-state index in [4.69, 9.17) is 43.6 Å². The standard InChI is InChI=1S/C55H74N4O9S/c1-2-3-4-5-6-7-8-9-10-11-22-31-43(62-36-40-25-16-12-17-26-40)34-35-61-52-48(58-59-57)55(69-44-32-23-15-24-33-44)67-46(51(52)63-37-41-27-18-13-19-28-41)39-65-54-47(56)49(60)50-45(66-54)38-64-53(68-50)42-29-20-14-21-30-42/h12-21,23-30,32-33,43,45-55,60H,2-11,22,31,34-39,56H2,1H3/t43-,45-,46-,47-,48-,49-,50-,51-,52-,53-,54-,55+/m1/s1. The number of nitrogens with two attached hydrogens (primary N) is 1. The largest absolute Gasteiger partial charge is 0.388 e. The maximum Gasteiger partial charge on any atom is 0.184 e. The Morgan fingerprint density at radius 1 is 0.710 bits per heavy atom. The van der Waals surface area contributed by atoms with Crippen LogP contribution in [0.25, 0.3) is 10.4 Å². The van der Waals surface area contributed by atoms with Crippen LogP contribution in [0.3, 0.4) is 0 Å². The van der Waals surface area contributed by atoms with Crippen molar-refractivity contribution < 1.29 is 43.0 Å². The van der Waals surface area contributed by atoms with E-state index in [-0.39, 0.29) is 25.9 Å². The molecule has 3 N–H and O–H groups in total. The average Bonchev–Trinajstić information content (AvgIpc) is 3.39. The van der Waals surface area contributed by atoms with Gasteiger partial charge in [0.25, 0.3) is 0 Å². The third-order valence-corrected chi connectivity index (χ3v) is 14.4. The number of rotatable bonds is 29. The van der Waals surface area contributed by atoms with Crippen molar-refractivity contribution in [1.82, 2.24) is 0 Å². The third kappa shape index (κ3) is 16.6. The molecule has 3 fully saturated rings. The highest BCUT2D eigenvalue weighted by Crippen LogP contribution is 2.39. The molecule has 0 spiro atoms. The first-order chi connectivity index (χ1) is 34.0. The first-order valence-corrected chi connectivity index (χ1v) is 26.3. The molecule has 3 heterocycles. The highest BCUT2D eigenvalue weighted by atomic mass is 32.2. The van der Waals surface area contributed by atoms with Crippen LogP contribution in [0.5, 0.6) is 0 Å². The Hall–Kier alpha value is -3.86. The van der Waals surface area contributed by atoms with Crippen LogP contribution in [0.2, 0.25) is 0 Å². The molecule has 3 aliphatic rings. The Labute approximate surface area is 413 Å². The topological polar surface area (TPSA) is 169 Å². The minimum absolute atomic E-state index is 0.0351. The predicted molar refractivity (Wildman–Crippen MR) is 268 cm³/mol. The summed E-state index contributed by atoms with van der Waals surface area (Å²) in [4.78, 5) is 4.26. The fourth-order valence-electron chi connectivity index (χ4n) is 9.30. The van der Waals surface area contributed by atoms with E-state index in [0.29, 0.717) is 19.6 Å². The van der Waals surface area contributed by atoms with Crippen LogP contribution in [0.1, 0.15) is 113 Å². The van der Waals surface area contributed by atoms with Crippen LogP contribution in [0.4, 0.5) is 0 Å². The summed E-state index contributed by atoms with van der Waals surface area (Å²) >= 11 is 1.45. The van der Waals surface area contributed by atoms with Gasteiger partial charge in [0.2, 0.25) is 0 Å². The number of benzene rings is 4. The van der Waals surface area contributed by atoms with Crippen molar-refractivity contribution in [3.8, 4) is 0 Å². The highest BCUT2D eigenvalue weighted by molar-refractivity contribution is 7.99. The Morgan fingerprint density at radius 3 is 1.97 bits per heavy atom. The molecule has 0 aliphatic carbocycles. The maximum atomic E-state index is 11.5. The zero-order chi connectivity index (χ0) is 47.9. The lowest BCUT2D eigenvalue weighted by Gasteiger charge is -2.48. The van der Waals surface area contributed by atoms with Crippen molar-refractivity contribution in [3.05, 3.63) is 148 Å². The number of thioether (sulfide) groups is 1. The van der Waals surface area contributed by atoms with Crippen LogP contribution in [-0.4, -0.2) is 91.5 Å². The van der Waals surface area contributed by atoms with Crippen molar-refractivity contribution in [2.45, 2.75) is 181 Å². The lowest BCUT2D eigenvalue weighted by molar-refractivity contribution is -0.345. The molecule has 13 nitrogen and oxygen atoms in total. The molecule has 4 aromatic carbocycles. The van der Waals surface area contributed by atoms with E-state index in [0.717, 1.165) is 40.8 Å². The Bertz CT molecular complexity index is 2040. The van der Waals surface area contributed by atoms with Crippen molar-refractivity contribution in [2.24, 2.45) is 10.8 Å². The van der Waals surface area contributed by atoms with Gasteiger partial charge in [-0.3, -0.25) is 0 Å². The third-order valence-electron chi connectivity index (χ3n) is 13.2. The summed E-state index contributed by atoms with van der Waals surface area (Å²) in [5, 5.41) is 15.9. The number of aliphatic hydroxyl groups is 1. The Kier molecular flexibility index (Phi) is 22.6. The van der Waals surface area contributed by atoms with Crippen LogP contribution in [0, 0.1) is 0 Å². The quantitative estimate of drug-likeness (QED) is 0.0230. The maximum absolute atomic E-state index is 11.5. The van der Waals surface area contributed by atoms with E-state index in [1.807, 2.05) is 109 Å². The van der Waals surface area contributed by atoms with Crippen LogP contribution >= 0.6 is 11.8 Å². The second-order valence-electron chi connectivity index (χ2n) is 18.4. The molecule has 0 radical (unpaired) electrons. The van der Waals surface area contributed by atoms with Crippen LogP contribution in [0.15, 0.2) is 131 Å². The van der Waals surface area contributed by atoms with Gasteiger partial charge in [0, 0.05) is 22.0 Å². The molecule has 69 heavy (non-hydrogen) atoms. The summed E-state index contributed by atoms with van der Waals surface area (Å²) in [7, 11) is 0. The van der Waals surface area contributed by atoms with Gasteiger partial charge in [-0.05, 0) is 41.6 Å². The lowest BCUT2D eigenvalue weighted by Crippen LogP contribution is -2.65. The van der Waals surface area contributed by atoms with Gasteiger partial charge < -0.3 is 48.7 Å². The molecule has 0 unspecified atom stereocenters. The molecule has 0 saturated carbocycles. The lowest BCUT2D eigenvalue weighted by atomic mass is 9.96. The SMILES string of the molecule is CCCCCCCCCCCCC[C@H](CCO[C@@H]1[C@@H](N=[N+]=[N-])[C@H](Sc2ccccc2)O[C@H](CO[C@@H]2O[C@@H]3CO[C@@H](c4ccccc4)O[C@H]3[C@H](O)[C@H]2N)[C@H]1OCc1ccccc1)OCc1ccccc1. The Morgan fingerprint density at radius 2 is 1.32 bits per heavy atom. The highest BCUT2D eigenvalue weighted by Gasteiger charge is 2.51. The molecular formula is C55H74N4O9S. The van der Waals surface area contributed by atoms with E-state index in [1.165, 1.54) is 69.5 Å². The van der Waals surface area contributed by atoms with Crippen molar-refractivity contribution in [3.63, 3.8) is 0 Å². The van der Waals surface area contributed by atoms with Crippen molar-refractivity contribution in [2.75, 3.05) is 19.8 Å². The number of ether oxygens (including phenoxy) is 8. The number of aliphatic hydroxyl groups excluding tert-OH is 1. The van der Waals surface area contributed by atoms with E-state index in [1.54, 1.807) is 0 Å². The summed E-state index contributed by atoms with van der Waals surface area (Å²) in [6.07, 6.45) is 9.17. The first-order valence-electron chi connectivity index (χ1n) is 25.4. The summed E-state index contributed by atoms with van der Waals surface area (Å²) in [6.45, 7) is 3.48. The first kappa shape index (κ1) is 53.0. The minimum atomic E-state index is -1.10. The molecule has 3 aliphatic heterocycles. The van der Waals surface area contributed by atoms with Gasteiger partial charge >= 0.3 is 0 Å². The second-order valence-corrected chi connectivity index (χ2v) is 19.6. The molecule has 374 valence electrons. The van der Waals surface area contributed by atoms with E-state index >= 15 is 0 Å². The van der Waals surface area contributed by atoms with Gasteiger partial charge in [-0.15, -0.1) is 0 Å². The van der Waals surface area contributed by atoms with Gasteiger partial charge in [-0.2, -0.15) is 0 Å². The summed E-state index contributed by atoms with van der Waals surface area (Å²) in [6, 6.07) is 37.9. The molecule has 12 atom stereocenters. The van der Waals surface area contributed by atoms with Gasteiger partial charge in [0.15, 0.2) is 12.6 Å². The summed E-state index contributed by atoms with van der Waals surface area (Å²) in [5.41, 5.74) is 19.0. The molecule has 0 amide bonds. The number of nitrogens with zero attached hydrogens (tertiary/aromatic N) is 3. The minimum Gasteiger partial charge on any atom is -0.388 e. The molecule has 3 saturated heterocycles. The molecule has 7 rings (SSSR count). The summed E-state index contributed by atoms with van der Waals surface area (Å²) in [5.74, 6) is 0. The number of hydrogen-bond acceptors (Lipinski definition) is 12. The van der Waals surface area contributed by atoms with Gasteiger partial charge in [0.05, 0.1) is 44.7 Å². The molecule has 0 bridgehead atoms. The summed E-state index contributed by atoms with van der Waals surface area (Å²) < 4.78 is 52.4. The van der Waals surface area contributed by atoms with Gasteiger partial charge in [-0.25, -0.2) is 0 Å². The fourth-order valence-corrected chi connectivity index (χ4v) is 10.4. The van der Waals surface area contributed by atoms with Crippen molar-refractivity contribution in [1.29, 1.82) is 0 Å². The normalized spacial score (nSPS) is 27.3. The van der Waals surface area contributed by atoms with Gasteiger partial charge in [0.1, 0.15) is 42.0 Å². The van der Waals surface area contributed by atoms with E-state index in [2.05, 4.69) is 29.1 Å². The number of azide groups is 1. The monoisotopic (exact) mass is 967 g/mol. The van der Waals surface area contributed by atoms with Crippen LogP contribution < -0.4 is 5.73 Å². The average molecular weight is 967 g/mol. The smallest absolute Gasteiger partial charge is 0.184 e. The molecule has 14 heteroatoms. The molecule has 4 aromatic rings. The fraction of sp³-hybridized carbons (Fsp3) is 0.564. The number of unbranched alkanes of at least 4 members (excludes halogenated alkanes) is 10. The zero-order valence-corrected chi connectivity index (χ0v) is 41.1. The van der Waals surface area contributed by atoms with E-state index < -0.39 is 66.7 Å². The zero-order valence-electron chi connectivity index (χ0n) is 40.2.